The van der Waals surface area contributed by atoms with Crippen LogP contribution in [0.15, 0.2) is 36.4 Å². The quantitative estimate of drug-likeness (QED) is 0.901. The first-order valence-electron chi connectivity index (χ1n) is 7.02. The van der Waals surface area contributed by atoms with Crippen LogP contribution in [0.3, 0.4) is 0 Å². The lowest BCUT2D eigenvalue weighted by molar-refractivity contribution is 0.613. The number of halogens is 2. The van der Waals surface area contributed by atoms with Crippen molar-refractivity contribution in [2.75, 3.05) is 11.4 Å². The van der Waals surface area contributed by atoms with E-state index in [1.807, 2.05) is 18.7 Å². The predicted molar refractivity (Wildman–Crippen MR) is 82.8 cm³/mol. The van der Waals surface area contributed by atoms with Crippen LogP contribution in [0.25, 0.3) is 0 Å². The van der Waals surface area contributed by atoms with Crippen molar-refractivity contribution >= 4 is 11.4 Å². The molecule has 0 bridgehead atoms. The Kier molecular flexibility index (Phi) is 4.58. The fourth-order valence-electron chi connectivity index (χ4n) is 2.39. The summed E-state index contributed by atoms with van der Waals surface area (Å²) in [5, 5.41) is 0. The molecule has 0 unspecified atom stereocenters. The average molecular weight is 290 g/mol. The first-order valence-corrected chi connectivity index (χ1v) is 7.02. The zero-order valence-corrected chi connectivity index (χ0v) is 12.5. The summed E-state index contributed by atoms with van der Waals surface area (Å²) < 4.78 is 26.9. The van der Waals surface area contributed by atoms with E-state index in [4.69, 9.17) is 5.73 Å². The van der Waals surface area contributed by atoms with Gasteiger partial charge in [0.1, 0.15) is 11.6 Å². The zero-order chi connectivity index (χ0) is 15.6. The molecule has 0 aliphatic carbocycles. The van der Waals surface area contributed by atoms with E-state index in [0.29, 0.717) is 12.1 Å². The van der Waals surface area contributed by atoms with Gasteiger partial charge in [-0.2, -0.15) is 0 Å². The standard InChI is InChI=1S/C17H20F2N2/c1-4-21(14-7-5-13(18)6-8-14)17-9-11(2)16(19)10-15(17)12(3)20/h5-10,12H,4,20H2,1-3H3/t12-/m1/s1. The van der Waals surface area contributed by atoms with Crippen molar-refractivity contribution in [3.05, 3.63) is 59.2 Å². The predicted octanol–water partition coefficient (Wildman–Crippen LogP) is 4.45. The number of nitrogens with two attached hydrogens (primary N) is 1. The number of aryl methyl sites for hydroxylation is 1. The number of anilines is 2. The summed E-state index contributed by atoms with van der Waals surface area (Å²) in [5.74, 6) is -0.543. The highest BCUT2D eigenvalue weighted by Crippen LogP contribution is 2.33. The molecule has 0 aliphatic heterocycles. The van der Waals surface area contributed by atoms with Crippen molar-refractivity contribution in [2.24, 2.45) is 5.73 Å². The third-order valence-electron chi connectivity index (χ3n) is 3.54. The first kappa shape index (κ1) is 15.4. The van der Waals surface area contributed by atoms with Crippen molar-refractivity contribution in [2.45, 2.75) is 26.8 Å². The van der Waals surface area contributed by atoms with E-state index in [1.165, 1.54) is 18.2 Å². The van der Waals surface area contributed by atoms with Crippen LogP contribution >= 0.6 is 0 Å². The van der Waals surface area contributed by atoms with Gasteiger partial charge < -0.3 is 10.6 Å². The van der Waals surface area contributed by atoms with Crippen LogP contribution in [0.4, 0.5) is 20.2 Å². The second-order valence-corrected chi connectivity index (χ2v) is 5.17. The largest absolute Gasteiger partial charge is 0.341 e. The van der Waals surface area contributed by atoms with Gasteiger partial charge in [0.15, 0.2) is 0 Å². The SMILES string of the molecule is CCN(c1ccc(F)cc1)c1cc(C)c(F)cc1[C@@H](C)N. The molecule has 21 heavy (non-hydrogen) atoms. The van der Waals surface area contributed by atoms with Gasteiger partial charge in [0.05, 0.1) is 0 Å². The summed E-state index contributed by atoms with van der Waals surface area (Å²) in [5.41, 5.74) is 8.99. The molecule has 0 fully saturated rings. The van der Waals surface area contributed by atoms with Crippen molar-refractivity contribution in [3.8, 4) is 0 Å². The lowest BCUT2D eigenvalue weighted by atomic mass is 10.0. The zero-order valence-electron chi connectivity index (χ0n) is 12.5. The van der Waals surface area contributed by atoms with E-state index in [-0.39, 0.29) is 17.7 Å². The van der Waals surface area contributed by atoms with Crippen molar-refractivity contribution in [3.63, 3.8) is 0 Å². The Morgan fingerprint density at radius 2 is 1.76 bits per heavy atom. The molecule has 1 atom stereocenters. The third kappa shape index (κ3) is 3.22. The fourth-order valence-corrected chi connectivity index (χ4v) is 2.39. The van der Waals surface area contributed by atoms with Crippen LogP contribution in [0.1, 0.15) is 31.0 Å². The van der Waals surface area contributed by atoms with E-state index >= 15 is 0 Å². The van der Waals surface area contributed by atoms with E-state index in [1.54, 1.807) is 25.1 Å². The Balaban J connectivity index is 2.56. The Bertz CT molecular complexity index is 621. The smallest absolute Gasteiger partial charge is 0.126 e. The summed E-state index contributed by atoms with van der Waals surface area (Å²) in [6.45, 7) is 6.22. The van der Waals surface area contributed by atoms with Gasteiger partial charge in [-0.25, -0.2) is 8.78 Å². The van der Waals surface area contributed by atoms with Gasteiger partial charge >= 0.3 is 0 Å². The molecular formula is C17H20F2N2. The van der Waals surface area contributed by atoms with Gasteiger partial charge in [0.2, 0.25) is 0 Å². The Morgan fingerprint density at radius 1 is 1.14 bits per heavy atom. The minimum Gasteiger partial charge on any atom is -0.341 e. The molecule has 0 aromatic heterocycles. The van der Waals surface area contributed by atoms with Crippen LogP contribution in [-0.2, 0) is 0 Å². The molecule has 0 saturated carbocycles. The number of rotatable bonds is 4. The van der Waals surface area contributed by atoms with E-state index in [2.05, 4.69) is 0 Å². The van der Waals surface area contributed by atoms with Crippen molar-refractivity contribution in [1.82, 2.24) is 0 Å². The topological polar surface area (TPSA) is 29.3 Å². The summed E-state index contributed by atoms with van der Waals surface area (Å²) in [4.78, 5) is 2.00. The monoisotopic (exact) mass is 290 g/mol. The molecule has 0 amide bonds. The summed E-state index contributed by atoms with van der Waals surface area (Å²) in [7, 11) is 0. The molecule has 112 valence electrons. The summed E-state index contributed by atoms with van der Waals surface area (Å²) in [6.07, 6.45) is 0. The highest BCUT2D eigenvalue weighted by Gasteiger charge is 2.17. The molecule has 0 heterocycles. The summed E-state index contributed by atoms with van der Waals surface area (Å²) in [6, 6.07) is 9.25. The maximum Gasteiger partial charge on any atom is 0.126 e. The van der Waals surface area contributed by atoms with Crippen molar-refractivity contribution < 1.29 is 8.78 Å². The molecular weight excluding hydrogens is 270 g/mol. The second kappa shape index (κ2) is 6.22. The van der Waals surface area contributed by atoms with Gasteiger partial charge in [0.25, 0.3) is 0 Å². The van der Waals surface area contributed by atoms with Crippen LogP contribution in [0.5, 0.6) is 0 Å². The molecule has 0 spiro atoms. The number of nitrogens with zero attached hydrogens (tertiary/aromatic N) is 1. The number of benzene rings is 2. The molecule has 0 aliphatic rings. The molecule has 2 aromatic carbocycles. The average Bonchev–Trinajstić information content (AvgIpc) is 2.45. The van der Waals surface area contributed by atoms with Crippen LogP contribution in [0, 0.1) is 18.6 Å². The Hall–Kier alpha value is -1.94. The summed E-state index contributed by atoms with van der Waals surface area (Å²) >= 11 is 0. The number of hydrogen-bond donors (Lipinski definition) is 1. The van der Waals surface area contributed by atoms with Crippen LogP contribution in [0.2, 0.25) is 0 Å². The minimum absolute atomic E-state index is 0.263. The Morgan fingerprint density at radius 3 is 2.29 bits per heavy atom. The van der Waals surface area contributed by atoms with E-state index in [0.717, 1.165) is 16.9 Å². The minimum atomic E-state index is -0.287. The van der Waals surface area contributed by atoms with Gasteiger partial charge in [-0.1, -0.05) is 0 Å². The van der Waals surface area contributed by atoms with Gasteiger partial charge in [-0.05, 0) is 68.3 Å². The molecule has 4 heteroatoms. The third-order valence-corrected chi connectivity index (χ3v) is 3.54. The normalized spacial score (nSPS) is 12.3. The van der Waals surface area contributed by atoms with Gasteiger partial charge in [-0.3, -0.25) is 0 Å². The second-order valence-electron chi connectivity index (χ2n) is 5.17. The lowest BCUT2D eigenvalue weighted by Gasteiger charge is -2.27. The van der Waals surface area contributed by atoms with Crippen molar-refractivity contribution in [1.29, 1.82) is 0 Å². The molecule has 2 N–H and O–H groups in total. The van der Waals surface area contributed by atoms with Crippen LogP contribution < -0.4 is 10.6 Å². The highest BCUT2D eigenvalue weighted by molar-refractivity contribution is 5.68. The lowest BCUT2D eigenvalue weighted by Crippen LogP contribution is -2.20. The molecule has 0 saturated heterocycles. The number of hydrogen-bond acceptors (Lipinski definition) is 2. The maximum absolute atomic E-state index is 13.8. The van der Waals surface area contributed by atoms with E-state index in [9.17, 15) is 8.78 Å². The van der Waals surface area contributed by atoms with Gasteiger partial charge in [-0.15, -0.1) is 0 Å². The van der Waals surface area contributed by atoms with Gasteiger partial charge in [0, 0.05) is 24.0 Å². The van der Waals surface area contributed by atoms with E-state index < -0.39 is 0 Å². The Labute approximate surface area is 124 Å². The van der Waals surface area contributed by atoms with Crippen LogP contribution in [-0.4, -0.2) is 6.54 Å². The highest BCUT2D eigenvalue weighted by atomic mass is 19.1. The molecule has 2 aromatic rings. The molecule has 2 rings (SSSR count). The molecule has 0 radical (unpaired) electrons. The molecule has 2 nitrogen and oxygen atoms in total. The first-order chi connectivity index (χ1) is 9.93. The fraction of sp³-hybridized carbons (Fsp3) is 0.294. The maximum atomic E-state index is 13.8.